The van der Waals surface area contributed by atoms with Crippen molar-refractivity contribution in [1.29, 1.82) is 0 Å². The predicted octanol–water partition coefficient (Wildman–Crippen LogP) is 3.59. The van der Waals surface area contributed by atoms with E-state index >= 15 is 0 Å². The zero-order chi connectivity index (χ0) is 24.3. The second-order valence-electron chi connectivity index (χ2n) is 6.73. The quantitative estimate of drug-likeness (QED) is 0.203. The molecule has 0 N–H and O–H groups in total. The first-order valence-electron chi connectivity index (χ1n) is 9.26. The largest absolute Gasteiger partial charge is 0.493 e. The lowest BCUT2D eigenvalue weighted by Crippen LogP contribution is -2.34. The van der Waals surface area contributed by atoms with Crippen LogP contribution >= 0.6 is 34.4 Å². The fraction of sp³-hybridized carbons (Fsp3) is 0.190. The maximum absolute atomic E-state index is 12.7. The van der Waals surface area contributed by atoms with Crippen LogP contribution in [-0.4, -0.2) is 51.2 Å². The number of halogens is 1. The van der Waals surface area contributed by atoms with Crippen LogP contribution in [0.1, 0.15) is 11.1 Å². The molecular weight excluding hydrogens is 585 g/mol. The molecule has 0 saturated carbocycles. The van der Waals surface area contributed by atoms with Gasteiger partial charge in [0.15, 0.2) is 11.5 Å². The van der Waals surface area contributed by atoms with E-state index in [1.807, 2.05) is 29.5 Å². The van der Waals surface area contributed by atoms with E-state index in [-0.39, 0.29) is 21.3 Å². The van der Waals surface area contributed by atoms with Crippen LogP contribution in [0.2, 0.25) is 0 Å². The Morgan fingerprint density at radius 3 is 2.42 bits per heavy atom. The van der Waals surface area contributed by atoms with Crippen molar-refractivity contribution in [2.24, 2.45) is 0 Å². The number of imide groups is 1. The van der Waals surface area contributed by atoms with Crippen molar-refractivity contribution < 1.29 is 36.5 Å². The fourth-order valence-corrected chi connectivity index (χ4v) is 5.43. The maximum atomic E-state index is 12.7. The van der Waals surface area contributed by atoms with E-state index < -0.39 is 33.8 Å². The van der Waals surface area contributed by atoms with Gasteiger partial charge < -0.3 is 13.7 Å². The van der Waals surface area contributed by atoms with E-state index in [0.717, 1.165) is 17.6 Å². The van der Waals surface area contributed by atoms with Crippen LogP contribution in [0.4, 0.5) is 4.79 Å². The number of hydrogen-bond donors (Lipinski definition) is 0. The lowest BCUT2D eigenvalue weighted by molar-refractivity contribution is -0.143. The summed E-state index contributed by atoms with van der Waals surface area (Å²) in [6, 6.07) is 9.28. The van der Waals surface area contributed by atoms with Gasteiger partial charge in [0.05, 0.1) is 22.7 Å². The molecule has 9 nitrogen and oxygen atoms in total. The standard InChI is InChI=1S/C21H18INO8S2/c1-12-4-6-14(7-5-12)33(27,28)31-19-15(22)8-13(9-16(19)29-2)10-17-20(25)23(21(26)32-17)11-18(24)30-3/h4-10H,11H2,1-3H3/b17-10-. The third kappa shape index (κ3) is 5.68. The highest BCUT2D eigenvalue weighted by atomic mass is 127. The van der Waals surface area contributed by atoms with E-state index in [4.69, 9.17) is 8.92 Å². The van der Waals surface area contributed by atoms with Crippen molar-refractivity contribution in [2.75, 3.05) is 20.8 Å². The molecular formula is C21H18INO8S2. The third-order valence-electron chi connectivity index (χ3n) is 4.44. The predicted molar refractivity (Wildman–Crippen MR) is 129 cm³/mol. The number of thioether (sulfide) groups is 1. The van der Waals surface area contributed by atoms with Gasteiger partial charge in [-0.1, -0.05) is 17.7 Å². The van der Waals surface area contributed by atoms with Crippen LogP contribution in [0.3, 0.4) is 0 Å². The van der Waals surface area contributed by atoms with Crippen LogP contribution in [-0.2, 0) is 24.4 Å². The number of ether oxygens (including phenoxy) is 2. The zero-order valence-electron chi connectivity index (χ0n) is 17.7. The summed E-state index contributed by atoms with van der Waals surface area (Å²) in [5, 5.41) is -0.595. The number of amides is 2. The number of methoxy groups -OCH3 is 2. The number of carbonyl (C=O) groups excluding carboxylic acids is 3. The Balaban J connectivity index is 1.91. The lowest BCUT2D eigenvalue weighted by atomic mass is 10.2. The van der Waals surface area contributed by atoms with Gasteiger partial charge in [-0.15, -0.1) is 0 Å². The summed E-state index contributed by atoms with van der Waals surface area (Å²) in [5.41, 5.74) is 1.38. The summed E-state index contributed by atoms with van der Waals surface area (Å²) < 4.78 is 41.0. The van der Waals surface area contributed by atoms with Crippen LogP contribution in [0.5, 0.6) is 11.5 Å². The lowest BCUT2D eigenvalue weighted by Gasteiger charge is -2.14. The molecule has 0 unspecified atom stereocenters. The Kier molecular flexibility index (Phi) is 7.69. The number of carbonyl (C=O) groups is 3. The Morgan fingerprint density at radius 2 is 1.82 bits per heavy atom. The molecule has 1 fully saturated rings. The highest BCUT2D eigenvalue weighted by molar-refractivity contribution is 14.1. The van der Waals surface area contributed by atoms with Crippen LogP contribution in [0.15, 0.2) is 46.2 Å². The molecule has 0 aliphatic carbocycles. The van der Waals surface area contributed by atoms with Crippen molar-refractivity contribution in [3.05, 3.63) is 56.0 Å². The number of esters is 1. The van der Waals surface area contributed by atoms with Crippen molar-refractivity contribution >= 4 is 67.7 Å². The molecule has 2 aromatic carbocycles. The first-order valence-corrected chi connectivity index (χ1v) is 12.6. The molecule has 12 heteroatoms. The van der Waals surface area contributed by atoms with Gasteiger partial charge in [-0.3, -0.25) is 19.3 Å². The van der Waals surface area contributed by atoms with Gasteiger partial charge in [-0.05, 0) is 77.2 Å². The summed E-state index contributed by atoms with van der Waals surface area (Å²) in [7, 11) is -1.60. The smallest absolute Gasteiger partial charge is 0.339 e. The van der Waals surface area contributed by atoms with Gasteiger partial charge in [0, 0.05) is 0 Å². The van der Waals surface area contributed by atoms with E-state index in [1.165, 1.54) is 31.4 Å². The number of nitrogens with zero attached hydrogens (tertiary/aromatic N) is 1. The SMILES string of the molecule is COC(=O)CN1C(=O)S/C(=C\c2cc(I)c(OS(=O)(=O)c3ccc(C)cc3)c(OC)c2)C1=O. The van der Waals surface area contributed by atoms with E-state index in [9.17, 15) is 22.8 Å². The van der Waals surface area contributed by atoms with Gasteiger partial charge in [0.2, 0.25) is 0 Å². The summed E-state index contributed by atoms with van der Waals surface area (Å²) >= 11 is 2.57. The Hall–Kier alpha value is -2.58. The second kappa shape index (κ2) is 10.1. The molecule has 1 aliphatic rings. The molecule has 3 rings (SSSR count). The summed E-state index contributed by atoms with van der Waals surface area (Å²) in [4.78, 5) is 36.9. The van der Waals surface area contributed by atoms with Gasteiger partial charge in [-0.25, -0.2) is 0 Å². The molecule has 2 aromatic rings. The molecule has 1 heterocycles. The van der Waals surface area contributed by atoms with E-state index in [2.05, 4.69) is 4.74 Å². The first-order chi connectivity index (χ1) is 15.6. The minimum absolute atomic E-state index is 0.00498. The molecule has 33 heavy (non-hydrogen) atoms. The zero-order valence-corrected chi connectivity index (χ0v) is 21.4. The van der Waals surface area contributed by atoms with Gasteiger partial charge in [-0.2, -0.15) is 8.42 Å². The van der Waals surface area contributed by atoms with Crippen LogP contribution < -0.4 is 8.92 Å². The topological polar surface area (TPSA) is 116 Å². The van der Waals surface area contributed by atoms with Gasteiger partial charge in [0.1, 0.15) is 11.4 Å². The van der Waals surface area contributed by atoms with Gasteiger partial charge in [0.25, 0.3) is 11.1 Å². The van der Waals surface area contributed by atoms with Crippen molar-refractivity contribution in [3.8, 4) is 11.5 Å². The Morgan fingerprint density at radius 1 is 1.15 bits per heavy atom. The molecule has 0 aromatic heterocycles. The monoisotopic (exact) mass is 603 g/mol. The average Bonchev–Trinajstić information content (AvgIpc) is 3.02. The fourth-order valence-electron chi connectivity index (χ4n) is 2.75. The summed E-state index contributed by atoms with van der Waals surface area (Å²) in [6.07, 6.45) is 1.45. The number of hydrogen-bond acceptors (Lipinski definition) is 9. The summed E-state index contributed by atoms with van der Waals surface area (Å²) in [6.45, 7) is 1.36. The normalized spacial score (nSPS) is 15.2. The highest BCUT2D eigenvalue weighted by Gasteiger charge is 2.36. The van der Waals surface area contributed by atoms with Crippen LogP contribution in [0.25, 0.3) is 6.08 Å². The van der Waals surface area contributed by atoms with Crippen molar-refractivity contribution in [3.63, 3.8) is 0 Å². The number of benzene rings is 2. The molecule has 0 radical (unpaired) electrons. The molecule has 174 valence electrons. The highest BCUT2D eigenvalue weighted by Crippen LogP contribution is 2.38. The van der Waals surface area contributed by atoms with Crippen molar-refractivity contribution in [2.45, 2.75) is 11.8 Å². The van der Waals surface area contributed by atoms with Crippen LogP contribution in [0, 0.1) is 10.5 Å². The number of aryl methyl sites for hydroxylation is 1. The van der Waals surface area contributed by atoms with E-state index in [1.54, 1.807) is 18.2 Å². The molecule has 0 atom stereocenters. The molecule has 0 bridgehead atoms. The van der Waals surface area contributed by atoms with E-state index in [0.29, 0.717) is 20.9 Å². The molecule has 2 amide bonds. The average molecular weight is 603 g/mol. The maximum Gasteiger partial charge on any atom is 0.339 e. The second-order valence-corrected chi connectivity index (χ2v) is 10.4. The molecule has 0 spiro atoms. The molecule has 1 saturated heterocycles. The minimum atomic E-state index is -4.11. The van der Waals surface area contributed by atoms with Crippen molar-refractivity contribution in [1.82, 2.24) is 4.90 Å². The number of rotatable bonds is 7. The first kappa shape index (κ1) is 25.1. The van der Waals surface area contributed by atoms with Gasteiger partial charge >= 0.3 is 16.1 Å². The summed E-state index contributed by atoms with van der Waals surface area (Å²) in [5.74, 6) is -1.23. The Labute approximate surface area is 208 Å². The minimum Gasteiger partial charge on any atom is -0.493 e. The molecule has 1 aliphatic heterocycles. The Bertz CT molecular complexity index is 1260. The third-order valence-corrected chi connectivity index (χ3v) is 7.38.